The first-order chi connectivity index (χ1) is 11.6. The van der Waals surface area contributed by atoms with Crippen LogP contribution in [0.1, 0.15) is 68.5 Å². The van der Waals surface area contributed by atoms with Crippen molar-refractivity contribution in [2.24, 2.45) is 16.9 Å². The number of benzene rings is 1. The number of nitrogens with one attached hydrogen (secondary N) is 1. The summed E-state index contributed by atoms with van der Waals surface area (Å²) in [6.45, 7) is 0. The molecule has 1 aromatic carbocycles. The minimum absolute atomic E-state index is 0.0351. The van der Waals surface area contributed by atoms with Crippen molar-refractivity contribution in [1.29, 1.82) is 0 Å². The summed E-state index contributed by atoms with van der Waals surface area (Å²) in [5, 5.41) is 14.7. The first kappa shape index (κ1) is 16.0. The van der Waals surface area contributed by atoms with Crippen molar-refractivity contribution >= 4 is 5.70 Å². The predicted molar refractivity (Wildman–Crippen MR) is 96.8 cm³/mol. The van der Waals surface area contributed by atoms with E-state index < -0.39 is 0 Å². The molecule has 0 radical (unpaired) electrons. The van der Waals surface area contributed by atoms with Gasteiger partial charge >= 0.3 is 0 Å². The maximum Gasteiger partial charge on any atom is 0.0619 e. The molecule has 3 saturated carbocycles. The molecule has 1 heterocycles. The Bertz CT molecular complexity index is 646. The van der Waals surface area contributed by atoms with E-state index in [1.165, 1.54) is 11.1 Å². The highest BCUT2D eigenvalue weighted by Crippen LogP contribution is 2.52. The Morgan fingerprint density at radius 2 is 1.92 bits per heavy atom. The van der Waals surface area contributed by atoms with E-state index >= 15 is 0 Å². The van der Waals surface area contributed by atoms with E-state index in [4.69, 9.17) is 11.5 Å². The monoisotopic (exact) mass is 327 g/mol. The summed E-state index contributed by atoms with van der Waals surface area (Å²) in [7, 11) is 0. The van der Waals surface area contributed by atoms with Crippen molar-refractivity contribution in [2.75, 3.05) is 0 Å². The van der Waals surface area contributed by atoms with Crippen LogP contribution in [0.3, 0.4) is 0 Å². The third kappa shape index (κ3) is 2.52. The molecule has 0 spiro atoms. The second kappa shape index (κ2) is 5.78. The fourth-order valence-electron chi connectivity index (χ4n) is 5.22. The maximum absolute atomic E-state index is 11.2. The normalized spacial score (nSPS) is 37.8. The SMILES string of the molecule is N/C=C1\NC(CC(O)C23CCCC(N)(CC2)CC3)c2ccccc21. The Balaban J connectivity index is 1.54. The van der Waals surface area contributed by atoms with Crippen LogP contribution < -0.4 is 16.8 Å². The molecule has 1 aromatic rings. The van der Waals surface area contributed by atoms with Gasteiger partial charge in [-0.1, -0.05) is 30.7 Å². The summed E-state index contributed by atoms with van der Waals surface area (Å²) >= 11 is 0. The molecule has 3 fully saturated rings. The van der Waals surface area contributed by atoms with Crippen LogP contribution in [0.25, 0.3) is 5.70 Å². The van der Waals surface area contributed by atoms with Gasteiger partial charge in [0.2, 0.25) is 0 Å². The number of rotatable bonds is 3. The lowest BCUT2D eigenvalue weighted by Gasteiger charge is -2.44. The van der Waals surface area contributed by atoms with Crippen molar-refractivity contribution < 1.29 is 5.11 Å². The van der Waals surface area contributed by atoms with Crippen LogP contribution in [-0.4, -0.2) is 16.7 Å². The van der Waals surface area contributed by atoms with Gasteiger partial charge in [0.15, 0.2) is 0 Å². The molecule has 2 atom stereocenters. The average Bonchev–Trinajstić information content (AvgIpc) is 2.73. The molecule has 5 rings (SSSR count). The van der Waals surface area contributed by atoms with Gasteiger partial charge in [0.25, 0.3) is 0 Å². The van der Waals surface area contributed by atoms with E-state index in [0.717, 1.165) is 57.1 Å². The number of aliphatic hydroxyl groups is 1. The molecule has 1 aliphatic heterocycles. The number of aliphatic hydroxyl groups excluding tert-OH is 1. The van der Waals surface area contributed by atoms with Crippen molar-refractivity contribution in [2.45, 2.75) is 69.1 Å². The first-order valence-electron chi connectivity index (χ1n) is 9.30. The van der Waals surface area contributed by atoms with Crippen molar-refractivity contribution in [3.8, 4) is 0 Å². The van der Waals surface area contributed by atoms with E-state index in [2.05, 4.69) is 23.5 Å². The van der Waals surface area contributed by atoms with Crippen molar-refractivity contribution in [1.82, 2.24) is 5.32 Å². The van der Waals surface area contributed by atoms with Crippen LogP contribution in [0.2, 0.25) is 0 Å². The second-order valence-corrected chi connectivity index (χ2v) is 8.19. The molecule has 3 aliphatic carbocycles. The van der Waals surface area contributed by atoms with E-state index in [1.807, 2.05) is 6.07 Å². The first-order valence-corrected chi connectivity index (χ1v) is 9.30. The summed E-state index contributed by atoms with van der Waals surface area (Å²) in [5.41, 5.74) is 15.8. The second-order valence-electron chi connectivity index (χ2n) is 8.19. The fourth-order valence-corrected chi connectivity index (χ4v) is 5.22. The highest BCUT2D eigenvalue weighted by atomic mass is 16.3. The lowest BCUT2D eigenvalue weighted by atomic mass is 9.65. The molecule has 0 aromatic heterocycles. The Labute approximate surface area is 144 Å². The quantitative estimate of drug-likeness (QED) is 0.688. The Morgan fingerprint density at radius 1 is 1.17 bits per heavy atom. The predicted octanol–water partition coefficient (Wildman–Crippen LogP) is 2.78. The molecule has 130 valence electrons. The molecule has 2 unspecified atom stereocenters. The molecule has 24 heavy (non-hydrogen) atoms. The third-order valence-electron chi connectivity index (χ3n) is 6.88. The largest absolute Gasteiger partial charge is 0.403 e. The fraction of sp³-hybridized carbons (Fsp3) is 0.600. The van der Waals surface area contributed by atoms with Crippen LogP contribution in [0.5, 0.6) is 0 Å². The zero-order chi connectivity index (χ0) is 16.8. The minimum Gasteiger partial charge on any atom is -0.403 e. The van der Waals surface area contributed by atoms with Crippen LogP contribution in [0, 0.1) is 5.41 Å². The van der Waals surface area contributed by atoms with Gasteiger partial charge in [-0.3, -0.25) is 0 Å². The topological polar surface area (TPSA) is 84.3 Å². The van der Waals surface area contributed by atoms with Gasteiger partial charge in [0.05, 0.1) is 17.8 Å². The van der Waals surface area contributed by atoms with Crippen LogP contribution >= 0.6 is 0 Å². The zero-order valence-electron chi connectivity index (χ0n) is 14.3. The summed E-state index contributed by atoms with van der Waals surface area (Å²) in [6.07, 6.45) is 9.73. The Kier molecular flexibility index (Phi) is 3.85. The highest BCUT2D eigenvalue weighted by Gasteiger charge is 2.48. The van der Waals surface area contributed by atoms with Crippen molar-refractivity contribution in [3.63, 3.8) is 0 Å². The van der Waals surface area contributed by atoms with Gasteiger partial charge in [-0.15, -0.1) is 0 Å². The highest BCUT2D eigenvalue weighted by molar-refractivity contribution is 5.71. The van der Waals surface area contributed by atoms with Gasteiger partial charge in [-0.05, 0) is 55.9 Å². The molecule has 0 amide bonds. The number of hydrogen-bond donors (Lipinski definition) is 4. The molecular weight excluding hydrogens is 298 g/mol. The third-order valence-corrected chi connectivity index (χ3v) is 6.88. The number of hydrogen-bond acceptors (Lipinski definition) is 4. The van der Waals surface area contributed by atoms with E-state index in [9.17, 15) is 5.11 Å². The summed E-state index contributed by atoms with van der Waals surface area (Å²) in [4.78, 5) is 0. The summed E-state index contributed by atoms with van der Waals surface area (Å²) in [6, 6.07) is 8.49. The van der Waals surface area contributed by atoms with Gasteiger partial charge in [-0.25, -0.2) is 0 Å². The van der Waals surface area contributed by atoms with Crippen molar-refractivity contribution in [3.05, 3.63) is 41.6 Å². The Morgan fingerprint density at radius 3 is 2.67 bits per heavy atom. The van der Waals surface area contributed by atoms with Gasteiger partial charge in [0.1, 0.15) is 0 Å². The average molecular weight is 327 g/mol. The molecule has 4 aliphatic rings. The number of fused-ring (bicyclic) bond motifs is 5. The lowest BCUT2D eigenvalue weighted by Crippen LogP contribution is -2.47. The molecule has 0 saturated heterocycles. The summed E-state index contributed by atoms with van der Waals surface area (Å²) < 4.78 is 0. The van der Waals surface area contributed by atoms with Gasteiger partial charge in [-0.2, -0.15) is 0 Å². The lowest BCUT2D eigenvalue weighted by molar-refractivity contribution is -0.0212. The molecule has 2 bridgehead atoms. The number of nitrogens with two attached hydrogens (primary N) is 2. The van der Waals surface area contributed by atoms with Gasteiger partial charge < -0.3 is 21.9 Å². The van der Waals surface area contributed by atoms with E-state index in [1.54, 1.807) is 6.20 Å². The summed E-state index contributed by atoms with van der Waals surface area (Å²) in [5.74, 6) is 0. The minimum atomic E-state index is -0.289. The van der Waals surface area contributed by atoms with Crippen LogP contribution in [-0.2, 0) is 0 Å². The molecule has 4 nitrogen and oxygen atoms in total. The molecular formula is C20H29N3O. The van der Waals surface area contributed by atoms with Crippen LogP contribution in [0.15, 0.2) is 30.5 Å². The maximum atomic E-state index is 11.2. The smallest absolute Gasteiger partial charge is 0.0619 e. The molecule has 6 N–H and O–H groups in total. The van der Waals surface area contributed by atoms with Gasteiger partial charge in [0, 0.05) is 17.3 Å². The zero-order valence-corrected chi connectivity index (χ0v) is 14.3. The van der Waals surface area contributed by atoms with E-state index in [-0.39, 0.29) is 23.1 Å². The Hall–Kier alpha value is -1.52. The van der Waals surface area contributed by atoms with E-state index in [0.29, 0.717) is 0 Å². The van der Waals surface area contributed by atoms with Crippen LogP contribution in [0.4, 0.5) is 0 Å². The molecule has 4 heteroatoms. The standard InChI is InChI=1S/C20H29N3O/c21-13-17-15-5-2-1-4-14(15)16(23-17)12-18(24)19-6-3-7-20(22,10-8-19)11-9-19/h1-2,4-5,13,16,18,23-24H,3,6-12,21-22H2/b17-13-.